The van der Waals surface area contributed by atoms with Crippen LogP contribution in [0.3, 0.4) is 0 Å². The van der Waals surface area contributed by atoms with E-state index < -0.39 is 30.0 Å². The molecule has 0 spiro atoms. The highest BCUT2D eigenvalue weighted by Gasteiger charge is 2.51. The first-order valence-corrected chi connectivity index (χ1v) is 8.10. The molecular weight excluding hydrogens is 340 g/mol. The smallest absolute Gasteiger partial charge is 0.326 e. The van der Waals surface area contributed by atoms with Crippen molar-refractivity contribution < 1.29 is 23.5 Å². The fourth-order valence-corrected chi connectivity index (χ4v) is 2.84. The van der Waals surface area contributed by atoms with Crippen LogP contribution in [0.15, 0.2) is 34.7 Å². The molecule has 1 fully saturated rings. The lowest BCUT2D eigenvalue weighted by atomic mass is 9.87. The number of imide groups is 1. The van der Waals surface area contributed by atoms with Crippen molar-refractivity contribution >= 4 is 17.9 Å². The number of nitrogens with zero attached hydrogens (tertiary/aromatic N) is 3. The van der Waals surface area contributed by atoms with Gasteiger partial charge in [-0.2, -0.15) is 0 Å². The predicted octanol–water partition coefficient (Wildman–Crippen LogP) is 1.28. The molecule has 2 aromatic rings. The highest BCUT2D eigenvalue weighted by molar-refractivity contribution is 6.09. The average Bonchev–Trinajstić information content (AvgIpc) is 3.17. The van der Waals surface area contributed by atoms with Crippen LogP contribution in [0.1, 0.15) is 30.7 Å². The van der Waals surface area contributed by atoms with E-state index in [0.29, 0.717) is 17.9 Å². The molecule has 136 valence electrons. The normalized spacial score (nSPS) is 19.5. The number of esters is 1. The minimum atomic E-state index is -1.18. The molecule has 3 amide bonds. The van der Waals surface area contributed by atoms with Crippen LogP contribution in [0.5, 0.6) is 0 Å². The molecule has 2 heterocycles. The number of ether oxygens (including phenoxy) is 1. The first-order chi connectivity index (χ1) is 12.5. The van der Waals surface area contributed by atoms with Gasteiger partial charge in [-0.3, -0.25) is 14.5 Å². The zero-order chi connectivity index (χ0) is 18.7. The van der Waals surface area contributed by atoms with Crippen molar-refractivity contribution in [2.24, 2.45) is 0 Å². The van der Waals surface area contributed by atoms with Gasteiger partial charge in [0.25, 0.3) is 11.8 Å². The fourth-order valence-electron chi connectivity index (χ4n) is 2.84. The molecular formula is C17H18N4O5. The van der Waals surface area contributed by atoms with Crippen molar-refractivity contribution in [3.8, 4) is 0 Å². The number of carbonyl (C=O) groups is 3. The molecule has 1 atom stereocenters. The summed E-state index contributed by atoms with van der Waals surface area (Å²) in [5.74, 6) is -0.743. The largest absolute Gasteiger partial charge is 0.454 e. The van der Waals surface area contributed by atoms with Crippen LogP contribution in [0, 0.1) is 6.92 Å². The quantitative estimate of drug-likeness (QED) is 0.611. The highest BCUT2D eigenvalue weighted by atomic mass is 16.5. The summed E-state index contributed by atoms with van der Waals surface area (Å²) >= 11 is 0. The summed E-state index contributed by atoms with van der Waals surface area (Å²) in [7, 11) is 0. The maximum atomic E-state index is 12.9. The van der Waals surface area contributed by atoms with Crippen LogP contribution in [0.2, 0.25) is 0 Å². The fraction of sp³-hybridized carbons (Fsp3) is 0.353. The maximum absolute atomic E-state index is 12.9. The van der Waals surface area contributed by atoms with Crippen LogP contribution >= 0.6 is 0 Å². The molecule has 3 rings (SSSR count). The number of aromatic nitrogens is 2. The Hall–Kier alpha value is -3.23. The second-order valence-corrected chi connectivity index (χ2v) is 5.82. The Kier molecular flexibility index (Phi) is 4.70. The summed E-state index contributed by atoms with van der Waals surface area (Å²) < 4.78 is 10.1. The van der Waals surface area contributed by atoms with Gasteiger partial charge in [0.05, 0.1) is 0 Å². The van der Waals surface area contributed by atoms with Gasteiger partial charge in [-0.25, -0.2) is 4.79 Å². The van der Waals surface area contributed by atoms with Crippen LogP contribution in [-0.4, -0.2) is 39.5 Å². The van der Waals surface area contributed by atoms with E-state index in [4.69, 9.17) is 9.15 Å². The Bertz CT molecular complexity index is 835. The SMILES string of the molecule is CC[C@]1(c2ccccc2)NC(=O)N(CC(=O)OCc2nnc(C)o2)C1=O. The first-order valence-electron chi connectivity index (χ1n) is 8.10. The lowest BCUT2D eigenvalue weighted by Gasteiger charge is -2.25. The second kappa shape index (κ2) is 6.95. The first kappa shape index (κ1) is 17.6. The van der Waals surface area contributed by atoms with Crippen molar-refractivity contribution in [1.29, 1.82) is 0 Å². The van der Waals surface area contributed by atoms with E-state index in [1.54, 1.807) is 38.1 Å². The Morgan fingerprint density at radius 2 is 2.00 bits per heavy atom. The number of hydrogen-bond donors (Lipinski definition) is 1. The highest BCUT2D eigenvalue weighted by Crippen LogP contribution is 2.32. The number of hydrogen-bond acceptors (Lipinski definition) is 7. The molecule has 26 heavy (non-hydrogen) atoms. The molecule has 1 saturated heterocycles. The van der Waals surface area contributed by atoms with E-state index >= 15 is 0 Å². The monoisotopic (exact) mass is 358 g/mol. The van der Waals surface area contributed by atoms with Crippen molar-refractivity contribution in [2.45, 2.75) is 32.4 Å². The Morgan fingerprint density at radius 1 is 1.27 bits per heavy atom. The summed E-state index contributed by atoms with van der Waals surface area (Å²) in [5, 5.41) is 10.0. The second-order valence-electron chi connectivity index (χ2n) is 5.82. The molecule has 1 N–H and O–H groups in total. The third-order valence-corrected chi connectivity index (χ3v) is 4.18. The van der Waals surface area contributed by atoms with Crippen LogP contribution in [0.4, 0.5) is 4.79 Å². The summed E-state index contributed by atoms with van der Waals surface area (Å²) in [6.45, 7) is 2.69. The maximum Gasteiger partial charge on any atom is 0.326 e. The van der Waals surface area contributed by atoms with Gasteiger partial charge in [0.2, 0.25) is 5.89 Å². The number of rotatable bonds is 6. The Balaban J connectivity index is 1.69. The number of amides is 3. The molecule has 0 aliphatic carbocycles. The molecule has 1 aliphatic heterocycles. The van der Waals surface area contributed by atoms with Crippen molar-refractivity contribution in [2.75, 3.05) is 6.54 Å². The van der Waals surface area contributed by atoms with Gasteiger partial charge in [0, 0.05) is 6.92 Å². The molecule has 1 aromatic carbocycles. The zero-order valence-electron chi connectivity index (χ0n) is 14.4. The standard InChI is InChI=1S/C17H18N4O5/c1-3-17(12-7-5-4-6-8-12)15(23)21(16(24)18-17)9-14(22)25-10-13-20-19-11(2)26-13/h4-8H,3,9-10H2,1-2H3,(H,18,24)/t17-/m1/s1. The molecule has 1 aromatic heterocycles. The van der Waals surface area contributed by atoms with Gasteiger partial charge < -0.3 is 14.5 Å². The van der Waals surface area contributed by atoms with Gasteiger partial charge in [0.1, 0.15) is 12.1 Å². The van der Waals surface area contributed by atoms with E-state index in [1.807, 2.05) is 6.07 Å². The summed E-state index contributed by atoms with van der Waals surface area (Å²) in [6.07, 6.45) is 0.356. The van der Waals surface area contributed by atoms with E-state index in [-0.39, 0.29) is 12.5 Å². The van der Waals surface area contributed by atoms with Crippen molar-refractivity contribution in [1.82, 2.24) is 20.4 Å². The summed E-state index contributed by atoms with van der Waals surface area (Å²) in [5.41, 5.74) is -0.513. The molecule has 9 heteroatoms. The number of carbonyl (C=O) groups excluding carboxylic acids is 3. The number of benzene rings is 1. The van der Waals surface area contributed by atoms with Crippen molar-refractivity contribution in [3.05, 3.63) is 47.7 Å². The van der Waals surface area contributed by atoms with Gasteiger partial charge in [-0.05, 0) is 12.0 Å². The third-order valence-electron chi connectivity index (χ3n) is 4.18. The van der Waals surface area contributed by atoms with Crippen LogP contribution in [0.25, 0.3) is 0 Å². The van der Waals surface area contributed by atoms with Gasteiger partial charge in [-0.15, -0.1) is 10.2 Å². The van der Waals surface area contributed by atoms with Crippen molar-refractivity contribution in [3.63, 3.8) is 0 Å². The minimum Gasteiger partial charge on any atom is -0.454 e. The Labute approximate surface area is 149 Å². The van der Waals surface area contributed by atoms with Gasteiger partial charge >= 0.3 is 12.0 Å². The lowest BCUT2D eigenvalue weighted by Crippen LogP contribution is -2.43. The lowest BCUT2D eigenvalue weighted by molar-refractivity contribution is -0.149. The molecule has 1 aliphatic rings. The molecule has 0 unspecified atom stereocenters. The number of nitrogens with one attached hydrogen (secondary N) is 1. The predicted molar refractivity (Wildman–Crippen MR) is 87.5 cm³/mol. The molecule has 0 radical (unpaired) electrons. The topological polar surface area (TPSA) is 115 Å². The molecule has 0 saturated carbocycles. The van der Waals surface area contributed by atoms with Gasteiger partial charge in [-0.1, -0.05) is 37.3 Å². The number of urea groups is 1. The Morgan fingerprint density at radius 3 is 2.62 bits per heavy atom. The van der Waals surface area contributed by atoms with E-state index in [2.05, 4.69) is 15.5 Å². The average molecular weight is 358 g/mol. The molecule has 9 nitrogen and oxygen atoms in total. The summed E-state index contributed by atoms with van der Waals surface area (Å²) in [6, 6.07) is 8.29. The minimum absolute atomic E-state index is 0.139. The van der Waals surface area contributed by atoms with Gasteiger partial charge in [0.15, 0.2) is 6.61 Å². The van der Waals surface area contributed by atoms with E-state index in [0.717, 1.165) is 4.90 Å². The van der Waals surface area contributed by atoms with E-state index in [9.17, 15) is 14.4 Å². The third kappa shape index (κ3) is 3.15. The summed E-state index contributed by atoms with van der Waals surface area (Å²) in [4.78, 5) is 38.0. The molecule has 0 bridgehead atoms. The van der Waals surface area contributed by atoms with Crippen LogP contribution in [-0.2, 0) is 26.5 Å². The number of aryl methyl sites for hydroxylation is 1. The zero-order valence-corrected chi connectivity index (χ0v) is 14.4. The van der Waals surface area contributed by atoms with E-state index in [1.165, 1.54) is 0 Å². The van der Waals surface area contributed by atoms with Crippen LogP contribution < -0.4 is 5.32 Å².